The quantitative estimate of drug-likeness (QED) is 0.194. The zero-order valence-electron chi connectivity index (χ0n) is 8.07. The first-order valence-electron chi connectivity index (χ1n) is 4.14. The first-order valence-corrected chi connectivity index (χ1v) is 5.94. The van der Waals surface area contributed by atoms with Crippen LogP contribution < -0.4 is 5.32 Å². The van der Waals surface area contributed by atoms with Crippen molar-refractivity contribution in [2.24, 2.45) is 0 Å². The topological polar surface area (TPSA) is 139 Å². The molecule has 1 rings (SSSR count). The van der Waals surface area contributed by atoms with Gasteiger partial charge in [-0.3, -0.25) is 19.9 Å². The van der Waals surface area contributed by atoms with Crippen molar-refractivity contribution in [2.75, 3.05) is 13.0 Å². The van der Waals surface area contributed by atoms with Crippen molar-refractivity contribution in [3.05, 3.63) is 18.2 Å². The number of aromatic nitrogens is 2. The van der Waals surface area contributed by atoms with E-state index in [2.05, 4.69) is 15.3 Å². The summed E-state index contributed by atoms with van der Waals surface area (Å²) in [6.07, 6.45) is 1.86. The summed E-state index contributed by atoms with van der Waals surface area (Å²) in [7, 11) is -4.19. The van der Waals surface area contributed by atoms with Crippen LogP contribution in [0.25, 0.3) is 0 Å². The minimum absolute atomic E-state index is 0.0699. The predicted molar refractivity (Wildman–Crippen MR) is 51.5 cm³/mol. The lowest BCUT2D eigenvalue weighted by Crippen LogP contribution is -2.36. The first kappa shape index (κ1) is 12.8. The van der Waals surface area contributed by atoms with Crippen LogP contribution in [0.5, 0.6) is 0 Å². The molecule has 0 aliphatic heterocycles. The summed E-state index contributed by atoms with van der Waals surface area (Å²) in [5.74, 6) is -0.754. The Morgan fingerprint density at radius 1 is 1.62 bits per heavy atom. The average Bonchev–Trinajstić information content (AvgIpc) is 2.67. The summed E-state index contributed by atoms with van der Waals surface area (Å²) < 4.78 is 10.4. The minimum Gasteiger partial charge on any atom is -0.341 e. The van der Waals surface area contributed by atoms with Gasteiger partial charge in [-0.15, -0.1) is 0 Å². The maximum absolute atomic E-state index is 11.3. The van der Waals surface area contributed by atoms with Gasteiger partial charge in [-0.2, -0.15) is 0 Å². The van der Waals surface area contributed by atoms with Crippen molar-refractivity contribution >= 4 is 13.5 Å². The molecule has 0 atom stereocenters. The fourth-order valence-corrected chi connectivity index (χ4v) is 1.28. The van der Waals surface area contributed by atoms with Crippen LogP contribution in [0.4, 0.5) is 0 Å². The Hall–Kier alpha value is -1.25. The predicted octanol–water partition coefficient (Wildman–Crippen LogP) is -1.08. The molecule has 0 saturated heterocycles. The zero-order chi connectivity index (χ0) is 12.2. The van der Waals surface area contributed by atoms with Gasteiger partial charge in [-0.1, -0.05) is 0 Å². The molecule has 1 aromatic heterocycles. The van der Waals surface area contributed by atoms with E-state index < -0.39 is 26.5 Å². The lowest BCUT2D eigenvalue weighted by Gasteiger charge is -2.14. The monoisotopic (exact) mass is 250 g/mol. The summed E-state index contributed by atoms with van der Waals surface area (Å²) in [4.78, 5) is 34.4. The molecular formula is C6H11N4O5P. The van der Waals surface area contributed by atoms with Crippen molar-refractivity contribution in [3.63, 3.8) is 0 Å². The van der Waals surface area contributed by atoms with E-state index in [1.165, 1.54) is 12.5 Å². The van der Waals surface area contributed by atoms with Crippen LogP contribution in [-0.4, -0.2) is 48.9 Å². The Labute approximate surface area is 90.2 Å². The molecule has 5 N–H and O–H groups in total. The normalized spacial score (nSPS) is 11.4. The maximum Gasteiger partial charge on any atom is 0.339 e. The van der Waals surface area contributed by atoms with E-state index in [9.17, 15) is 14.6 Å². The van der Waals surface area contributed by atoms with Crippen molar-refractivity contribution in [1.29, 1.82) is 0 Å². The van der Waals surface area contributed by atoms with Crippen LogP contribution in [0, 0.1) is 0 Å². The number of nitrogens with one attached hydrogen (secondary N) is 2. The van der Waals surface area contributed by atoms with Gasteiger partial charge in [0.05, 0.1) is 19.2 Å². The van der Waals surface area contributed by atoms with Gasteiger partial charge < -0.3 is 14.8 Å². The highest BCUT2D eigenvalue weighted by molar-refractivity contribution is 7.51. The second kappa shape index (κ2) is 5.19. The molecule has 0 radical (unpaired) electrons. The van der Waals surface area contributed by atoms with Crippen molar-refractivity contribution in [2.45, 2.75) is 0 Å². The van der Waals surface area contributed by atoms with Crippen LogP contribution >= 0.6 is 7.60 Å². The summed E-state index contributed by atoms with van der Waals surface area (Å²) in [6, 6.07) is 0. The molecule has 0 spiro atoms. The molecular weight excluding hydrogens is 239 g/mol. The first-order chi connectivity index (χ1) is 7.40. The third kappa shape index (κ3) is 4.09. The molecule has 0 aliphatic rings. The highest BCUT2D eigenvalue weighted by atomic mass is 31.2. The van der Waals surface area contributed by atoms with E-state index in [4.69, 9.17) is 9.79 Å². The van der Waals surface area contributed by atoms with E-state index in [0.29, 0.717) is 0 Å². The molecule has 1 heterocycles. The molecule has 16 heavy (non-hydrogen) atoms. The van der Waals surface area contributed by atoms with Gasteiger partial charge in [0, 0.05) is 0 Å². The number of carbonyl (C=O) groups excluding carboxylic acids is 1. The molecule has 0 aromatic carbocycles. The number of H-pyrrole nitrogens is 1. The minimum atomic E-state index is -4.19. The van der Waals surface area contributed by atoms with E-state index in [-0.39, 0.29) is 10.8 Å². The number of imidazole rings is 1. The number of hydroxylamine groups is 2. The van der Waals surface area contributed by atoms with Crippen molar-refractivity contribution in [3.8, 4) is 0 Å². The van der Waals surface area contributed by atoms with Gasteiger partial charge in [0.2, 0.25) is 0 Å². The summed E-state index contributed by atoms with van der Waals surface area (Å²) in [5, 5.41) is 11.7. The number of carbonyl (C=O) groups is 1. The van der Waals surface area contributed by atoms with Gasteiger partial charge in [0.1, 0.15) is 12.0 Å². The van der Waals surface area contributed by atoms with E-state index in [0.717, 1.165) is 0 Å². The molecule has 0 saturated carbocycles. The number of hydrogen-bond donors (Lipinski definition) is 5. The van der Waals surface area contributed by atoms with Crippen LogP contribution in [0.1, 0.15) is 10.5 Å². The van der Waals surface area contributed by atoms with E-state index in [1.54, 1.807) is 0 Å². The summed E-state index contributed by atoms with van der Waals surface area (Å²) in [6.45, 7) is -0.400. The second-order valence-corrected chi connectivity index (χ2v) is 4.55. The maximum atomic E-state index is 11.3. The molecule has 0 unspecified atom stereocenters. The molecule has 0 fully saturated rings. The molecule has 10 heteroatoms. The third-order valence-corrected chi connectivity index (χ3v) is 2.18. The molecule has 1 amide bonds. The van der Waals surface area contributed by atoms with Crippen LogP contribution in [0.15, 0.2) is 12.5 Å². The Kier molecular flexibility index (Phi) is 4.16. The Morgan fingerprint density at radius 2 is 2.31 bits per heavy atom. The van der Waals surface area contributed by atoms with Crippen LogP contribution in [0.3, 0.4) is 0 Å². The number of aromatic amines is 1. The lowest BCUT2D eigenvalue weighted by atomic mass is 10.4. The SMILES string of the molecule is O=C(c1cnc[nH]1)N(O)CNCP(=O)(O)O. The fraction of sp³-hybridized carbons (Fsp3) is 0.333. The number of rotatable bonds is 5. The third-order valence-electron chi connectivity index (χ3n) is 1.54. The Balaban J connectivity index is 2.39. The van der Waals surface area contributed by atoms with Gasteiger partial charge in [0.15, 0.2) is 0 Å². The van der Waals surface area contributed by atoms with Crippen LogP contribution in [-0.2, 0) is 4.57 Å². The number of amides is 1. The van der Waals surface area contributed by atoms with Gasteiger partial charge in [-0.25, -0.2) is 10.0 Å². The molecule has 0 aliphatic carbocycles. The Bertz CT molecular complexity index is 388. The molecule has 90 valence electrons. The standard InChI is InChI=1S/C6H11N4O5P/c11-6(5-1-7-2-9-5)10(12)3-8-4-16(13,14)15/h1-2,8,12H,3-4H2,(H,7,9)(H2,13,14,15). The summed E-state index contributed by atoms with van der Waals surface area (Å²) in [5.41, 5.74) is 0.0699. The van der Waals surface area contributed by atoms with Gasteiger partial charge in [0.25, 0.3) is 5.91 Å². The molecule has 1 aromatic rings. The van der Waals surface area contributed by atoms with E-state index in [1.807, 2.05) is 0 Å². The highest BCUT2D eigenvalue weighted by Crippen LogP contribution is 2.31. The molecule has 9 nitrogen and oxygen atoms in total. The number of hydrogen-bond acceptors (Lipinski definition) is 5. The summed E-state index contributed by atoms with van der Waals surface area (Å²) >= 11 is 0. The van der Waals surface area contributed by atoms with Crippen LogP contribution in [0.2, 0.25) is 0 Å². The zero-order valence-corrected chi connectivity index (χ0v) is 8.96. The van der Waals surface area contributed by atoms with Crippen molar-refractivity contribution < 1.29 is 24.4 Å². The largest absolute Gasteiger partial charge is 0.341 e. The van der Waals surface area contributed by atoms with E-state index >= 15 is 0 Å². The second-order valence-electron chi connectivity index (χ2n) is 2.90. The lowest BCUT2D eigenvalue weighted by molar-refractivity contribution is -0.0627. The smallest absolute Gasteiger partial charge is 0.339 e. The molecule has 0 bridgehead atoms. The number of nitrogens with zero attached hydrogens (tertiary/aromatic N) is 2. The highest BCUT2D eigenvalue weighted by Gasteiger charge is 2.17. The average molecular weight is 250 g/mol. The van der Waals surface area contributed by atoms with Crippen molar-refractivity contribution in [1.82, 2.24) is 20.3 Å². The Morgan fingerprint density at radius 3 is 2.81 bits per heavy atom. The fourth-order valence-electron chi connectivity index (χ4n) is 0.885. The van der Waals surface area contributed by atoms with Gasteiger partial charge >= 0.3 is 7.60 Å². The van der Waals surface area contributed by atoms with Gasteiger partial charge in [-0.05, 0) is 0 Å².